The van der Waals surface area contributed by atoms with Gasteiger partial charge in [0.1, 0.15) is 5.04 Å². The van der Waals surface area contributed by atoms with Crippen molar-refractivity contribution in [2.45, 2.75) is 46.5 Å². The number of nitrogens with zero attached hydrogens (tertiary/aromatic N) is 1. The summed E-state index contributed by atoms with van der Waals surface area (Å²) in [7, 11) is 0. The molecule has 0 spiro atoms. The SMILES string of the molecule is CCCCC(CC)C/N=C(\C)S(=O)O. The normalized spacial score (nSPS) is 16.7. The molecule has 4 heteroatoms. The van der Waals surface area contributed by atoms with Gasteiger partial charge in [0, 0.05) is 6.54 Å². The summed E-state index contributed by atoms with van der Waals surface area (Å²) >= 11 is -1.88. The average Bonchev–Trinajstić information content (AvgIpc) is 2.17. The Bertz CT molecular complexity index is 204. The number of aliphatic imine (C=N–C) groups is 1. The first-order valence-electron chi connectivity index (χ1n) is 5.23. The minimum Gasteiger partial charge on any atom is -0.301 e. The first-order chi connectivity index (χ1) is 6.61. The van der Waals surface area contributed by atoms with Gasteiger partial charge in [-0.25, -0.2) is 4.21 Å². The zero-order valence-electron chi connectivity index (χ0n) is 9.32. The van der Waals surface area contributed by atoms with Gasteiger partial charge in [-0.2, -0.15) is 0 Å². The van der Waals surface area contributed by atoms with Crippen LogP contribution >= 0.6 is 0 Å². The summed E-state index contributed by atoms with van der Waals surface area (Å²) in [4.78, 5) is 4.11. The van der Waals surface area contributed by atoms with Gasteiger partial charge >= 0.3 is 0 Å². The molecule has 0 aromatic heterocycles. The highest BCUT2D eigenvalue weighted by atomic mass is 32.2. The molecule has 0 aromatic carbocycles. The van der Waals surface area contributed by atoms with E-state index in [0.29, 0.717) is 17.5 Å². The Balaban J connectivity index is 3.93. The second-order valence-electron chi connectivity index (χ2n) is 3.53. The average molecular weight is 219 g/mol. The van der Waals surface area contributed by atoms with Gasteiger partial charge in [-0.15, -0.1) is 0 Å². The van der Waals surface area contributed by atoms with Crippen LogP contribution in [0.4, 0.5) is 0 Å². The van der Waals surface area contributed by atoms with E-state index in [1.165, 1.54) is 19.3 Å². The monoisotopic (exact) mass is 219 g/mol. The van der Waals surface area contributed by atoms with Crippen LogP contribution in [0.25, 0.3) is 0 Å². The Morgan fingerprint density at radius 3 is 2.57 bits per heavy atom. The second-order valence-corrected chi connectivity index (χ2v) is 4.61. The summed E-state index contributed by atoms with van der Waals surface area (Å²) in [6.07, 6.45) is 4.68. The molecule has 0 aliphatic carbocycles. The van der Waals surface area contributed by atoms with Gasteiger partial charge in [0.15, 0.2) is 0 Å². The molecule has 0 aliphatic heterocycles. The fourth-order valence-corrected chi connectivity index (χ4v) is 1.42. The first kappa shape index (κ1) is 13.8. The van der Waals surface area contributed by atoms with Crippen LogP contribution in [0.15, 0.2) is 4.99 Å². The highest BCUT2D eigenvalue weighted by Gasteiger charge is 2.05. The van der Waals surface area contributed by atoms with Gasteiger partial charge in [-0.1, -0.05) is 33.1 Å². The van der Waals surface area contributed by atoms with E-state index in [9.17, 15) is 4.21 Å². The van der Waals surface area contributed by atoms with Gasteiger partial charge in [0.2, 0.25) is 11.1 Å². The molecule has 3 nitrogen and oxygen atoms in total. The molecular weight excluding hydrogens is 198 g/mol. The molecule has 0 rings (SSSR count). The zero-order valence-corrected chi connectivity index (χ0v) is 10.1. The molecule has 0 aromatic rings. The lowest BCUT2D eigenvalue weighted by atomic mass is 10.00. The molecule has 0 fully saturated rings. The molecule has 2 unspecified atom stereocenters. The molecule has 0 aliphatic rings. The van der Waals surface area contributed by atoms with Gasteiger partial charge in [-0.3, -0.25) is 4.99 Å². The summed E-state index contributed by atoms with van der Waals surface area (Å²) in [6, 6.07) is 0. The van der Waals surface area contributed by atoms with Gasteiger partial charge in [0.05, 0.1) is 0 Å². The van der Waals surface area contributed by atoms with Crippen LogP contribution < -0.4 is 0 Å². The molecule has 84 valence electrons. The van der Waals surface area contributed by atoms with Crippen molar-refractivity contribution in [1.82, 2.24) is 0 Å². The summed E-state index contributed by atoms with van der Waals surface area (Å²) < 4.78 is 19.3. The van der Waals surface area contributed by atoms with Crippen molar-refractivity contribution in [3.05, 3.63) is 0 Å². The van der Waals surface area contributed by atoms with E-state index in [-0.39, 0.29) is 0 Å². The fraction of sp³-hybridized carbons (Fsp3) is 0.900. The Morgan fingerprint density at radius 1 is 1.50 bits per heavy atom. The van der Waals surface area contributed by atoms with Crippen molar-refractivity contribution in [2.75, 3.05) is 6.54 Å². The summed E-state index contributed by atoms with van der Waals surface area (Å²) in [5, 5.41) is 0.333. The smallest absolute Gasteiger partial charge is 0.200 e. The molecule has 0 saturated heterocycles. The molecule has 0 bridgehead atoms. The predicted molar refractivity (Wildman–Crippen MR) is 62.1 cm³/mol. The third-order valence-electron chi connectivity index (χ3n) is 2.37. The van der Waals surface area contributed by atoms with Crippen LogP contribution in [-0.2, 0) is 11.1 Å². The summed E-state index contributed by atoms with van der Waals surface area (Å²) in [6.45, 7) is 6.60. The van der Waals surface area contributed by atoms with E-state index in [1.807, 2.05) is 0 Å². The number of rotatable bonds is 6. The molecule has 2 atom stereocenters. The van der Waals surface area contributed by atoms with Gasteiger partial charge < -0.3 is 4.55 Å². The molecule has 0 radical (unpaired) electrons. The van der Waals surface area contributed by atoms with E-state index in [1.54, 1.807) is 6.92 Å². The van der Waals surface area contributed by atoms with E-state index in [0.717, 1.165) is 6.42 Å². The van der Waals surface area contributed by atoms with E-state index >= 15 is 0 Å². The van der Waals surface area contributed by atoms with Crippen molar-refractivity contribution in [3.8, 4) is 0 Å². The third kappa shape index (κ3) is 6.27. The molecule has 0 saturated carbocycles. The second kappa shape index (κ2) is 8.12. The third-order valence-corrected chi connectivity index (χ3v) is 3.00. The lowest BCUT2D eigenvalue weighted by Crippen LogP contribution is -2.08. The predicted octanol–water partition coefficient (Wildman–Crippen LogP) is 2.84. The van der Waals surface area contributed by atoms with Crippen LogP contribution in [0.2, 0.25) is 0 Å². The summed E-state index contributed by atoms with van der Waals surface area (Å²) in [5.74, 6) is 0.563. The minimum absolute atomic E-state index is 0.333. The molecule has 0 amide bonds. The Kier molecular flexibility index (Phi) is 7.99. The number of hydrogen-bond donors (Lipinski definition) is 1. The van der Waals surface area contributed by atoms with Gasteiger partial charge in [0.25, 0.3) is 0 Å². The van der Waals surface area contributed by atoms with Crippen molar-refractivity contribution in [2.24, 2.45) is 10.9 Å². The Hall–Kier alpha value is -0.220. The lowest BCUT2D eigenvalue weighted by Gasteiger charge is -2.11. The molecule has 0 heterocycles. The van der Waals surface area contributed by atoms with Crippen LogP contribution in [0.1, 0.15) is 46.5 Å². The van der Waals surface area contributed by atoms with Gasteiger partial charge in [-0.05, 0) is 19.3 Å². The van der Waals surface area contributed by atoms with E-state index in [4.69, 9.17) is 4.55 Å². The maximum Gasteiger partial charge on any atom is 0.200 e. The topological polar surface area (TPSA) is 49.7 Å². The van der Waals surface area contributed by atoms with Crippen molar-refractivity contribution in [1.29, 1.82) is 0 Å². The number of hydrogen-bond acceptors (Lipinski definition) is 2. The highest BCUT2D eigenvalue weighted by molar-refractivity contribution is 7.95. The van der Waals surface area contributed by atoms with Crippen molar-refractivity contribution in [3.63, 3.8) is 0 Å². The number of unbranched alkanes of at least 4 members (excludes halogenated alkanes) is 1. The van der Waals surface area contributed by atoms with Crippen LogP contribution in [0.5, 0.6) is 0 Å². The first-order valence-corrected chi connectivity index (χ1v) is 6.34. The Morgan fingerprint density at radius 2 is 2.14 bits per heavy atom. The minimum atomic E-state index is -1.88. The molecule has 1 N–H and O–H groups in total. The van der Waals surface area contributed by atoms with Crippen LogP contribution in [0.3, 0.4) is 0 Å². The van der Waals surface area contributed by atoms with Crippen LogP contribution in [-0.4, -0.2) is 20.4 Å². The standard InChI is InChI=1S/C10H21NO2S/c1-4-6-7-10(5-2)8-11-9(3)14(12)13/h10H,4-8H2,1-3H3,(H,12,13)/b11-9+. The van der Waals surface area contributed by atoms with Crippen LogP contribution in [0, 0.1) is 5.92 Å². The van der Waals surface area contributed by atoms with Crippen molar-refractivity contribution >= 4 is 16.1 Å². The van der Waals surface area contributed by atoms with E-state index in [2.05, 4.69) is 18.8 Å². The largest absolute Gasteiger partial charge is 0.301 e. The molecular formula is C10H21NO2S. The maximum absolute atomic E-state index is 10.6. The van der Waals surface area contributed by atoms with Crippen molar-refractivity contribution < 1.29 is 8.76 Å². The summed E-state index contributed by atoms with van der Waals surface area (Å²) in [5.41, 5.74) is 0. The zero-order chi connectivity index (χ0) is 11.0. The maximum atomic E-state index is 10.6. The van der Waals surface area contributed by atoms with E-state index < -0.39 is 11.1 Å². The Labute approximate surface area is 89.3 Å². The fourth-order valence-electron chi connectivity index (χ4n) is 1.23. The lowest BCUT2D eigenvalue weighted by molar-refractivity contribution is 0.462. The molecule has 14 heavy (non-hydrogen) atoms. The highest BCUT2D eigenvalue weighted by Crippen LogP contribution is 2.12. The quantitative estimate of drug-likeness (QED) is 0.424.